The van der Waals surface area contributed by atoms with Gasteiger partial charge in [0, 0.05) is 0 Å². The van der Waals surface area contributed by atoms with E-state index in [2.05, 4.69) is 16.5 Å². The number of imide groups is 1. The topological polar surface area (TPSA) is 91.0 Å². The van der Waals surface area contributed by atoms with Gasteiger partial charge in [-0.2, -0.15) is 10.4 Å². The molecule has 30 heavy (non-hydrogen) atoms. The van der Waals surface area contributed by atoms with Crippen LogP contribution >= 0.6 is 0 Å². The molecule has 3 amide bonds. The number of aryl methyl sites for hydroxylation is 2. The fraction of sp³-hybridized carbons (Fsp3) is 0.217. The van der Waals surface area contributed by atoms with E-state index < -0.39 is 11.6 Å². The first-order valence-electron chi connectivity index (χ1n) is 9.81. The number of urea groups is 1. The Labute approximate surface area is 173 Å². The van der Waals surface area contributed by atoms with Gasteiger partial charge in [-0.3, -0.25) is 9.69 Å². The maximum atomic E-state index is 13.5. The minimum absolute atomic E-state index is 0.0206. The molecule has 148 valence electrons. The Kier molecular flexibility index (Phi) is 3.97. The van der Waals surface area contributed by atoms with E-state index in [0.29, 0.717) is 23.4 Å². The van der Waals surface area contributed by atoms with Crippen LogP contribution in [0, 0.1) is 18.3 Å². The van der Waals surface area contributed by atoms with E-state index in [1.807, 2.05) is 54.6 Å². The molecule has 1 fully saturated rings. The van der Waals surface area contributed by atoms with Crippen LogP contribution in [-0.2, 0) is 23.3 Å². The molecule has 1 saturated heterocycles. The second-order valence-electron chi connectivity index (χ2n) is 7.65. The van der Waals surface area contributed by atoms with E-state index in [0.717, 1.165) is 23.2 Å². The zero-order chi connectivity index (χ0) is 20.9. The van der Waals surface area contributed by atoms with E-state index in [-0.39, 0.29) is 12.5 Å². The second-order valence-corrected chi connectivity index (χ2v) is 7.65. The molecule has 1 aromatic heterocycles. The van der Waals surface area contributed by atoms with Crippen molar-refractivity contribution in [2.75, 3.05) is 0 Å². The molecular formula is C23H19N5O2. The highest BCUT2D eigenvalue weighted by atomic mass is 16.2. The molecule has 1 N–H and O–H groups in total. The van der Waals surface area contributed by atoms with E-state index in [1.165, 1.54) is 4.90 Å². The van der Waals surface area contributed by atoms with Gasteiger partial charge in [0.1, 0.15) is 11.6 Å². The monoisotopic (exact) mass is 397 g/mol. The quantitative estimate of drug-likeness (QED) is 0.688. The van der Waals surface area contributed by atoms with Gasteiger partial charge in [-0.1, -0.05) is 42.5 Å². The third-order valence-corrected chi connectivity index (χ3v) is 6.00. The number of hydrogen-bond donors (Lipinski definition) is 1. The molecule has 0 radical (unpaired) electrons. The van der Waals surface area contributed by atoms with Crippen molar-refractivity contribution in [3.8, 4) is 11.8 Å². The summed E-state index contributed by atoms with van der Waals surface area (Å²) in [5, 5.41) is 17.1. The molecule has 7 nitrogen and oxygen atoms in total. The first-order chi connectivity index (χ1) is 14.5. The van der Waals surface area contributed by atoms with E-state index >= 15 is 0 Å². The highest BCUT2D eigenvalue weighted by Gasteiger charge is 2.55. The molecule has 0 unspecified atom stereocenters. The highest BCUT2D eigenvalue weighted by molar-refractivity contribution is 6.08. The summed E-state index contributed by atoms with van der Waals surface area (Å²) in [6, 6.07) is 18.9. The maximum Gasteiger partial charge on any atom is 0.325 e. The molecule has 1 aliphatic heterocycles. The van der Waals surface area contributed by atoms with Gasteiger partial charge in [0.2, 0.25) is 0 Å². The first kappa shape index (κ1) is 18.1. The van der Waals surface area contributed by atoms with Gasteiger partial charge in [-0.25, -0.2) is 9.48 Å². The largest absolute Gasteiger partial charge is 0.325 e. The number of fused-ring (bicyclic) bond motifs is 2. The maximum absolute atomic E-state index is 13.5. The number of carbonyl (C=O) groups excluding carboxylic acids is 2. The number of nitrogens with zero attached hydrogens (tertiary/aromatic N) is 4. The number of rotatable bonds is 3. The number of hydrogen-bond acceptors (Lipinski definition) is 4. The minimum Gasteiger partial charge on any atom is -0.319 e. The summed E-state index contributed by atoms with van der Waals surface area (Å²) in [7, 11) is 0. The number of para-hydroxylation sites is 1. The molecule has 1 spiro atoms. The van der Waals surface area contributed by atoms with E-state index in [9.17, 15) is 14.9 Å². The zero-order valence-electron chi connectivity index (χ0n) is 16.4. The van der Waals surface area contributed by atoms with Gasteiger partial charge in [0.25, 0.3) is 5.91 Å². The van der Waals surface area contributed by atoms with Gasteiger partial charge in [0.05, 0.1) is 29.2 Å². The van der Waals surface area contributed by atoms with Crippen LogP contribution in [0.4, 0.5) is 4.79 Å². The standard InChI is InChI=1S/C23H19N5O2/c1-15-18(13-24)20(28(26-15)17-8-3-2-4-9-17)14-27-21(29)23(25-22(27)30)12-11-16-7-5-6-10-19(16)23/h2-10H,11-12,14H2,1H3,(H,25,30)/t23-/m0/s1. The Hall–Kier alpha value is -3.92. The molecule has 2 aromatic carbocycles. The molecular weight excluding hydrogens is 378 g/mol. The van der Waals surface area contributed by atoms with Crippen LogP contribution in [0.1, 0.15) is 34.5 Å². The van der Waals surface area contributed by atoms with Crippen LogP contribution in [0.2, 0.25) is 0 Å². The van der Waals surface area contributed by atoms with Crippen LogP contribution < -0.4 is 5.32 Å². The van der Waals surface area contributed by atoms with Crippen molar-refractivity contribution >= 4 is 11.9 Å². The summed E-state index contributed by atoms with van der Waals surface area (Å²) >= 11 is 0. The molecule has 1 aliphatic carbocycles. The fourth-order valence-corrected chi connectivity index (χ4v) is 4.53. The Bertz CT molecular complexity index is 1220. The number of carbonyl (C=O) groups is 2. The van der Waals surface area contributed by atoms with Crippen molar-refractivity contribution in [3.05, 3.63) is 82.7 Å². The molecule has 7 heteroatoms. The van der Waals surface area contributed by atoms with Crippen molar-refractivity contribution in [1.29, 1.82) is 5.26 Å². The van der Waals surface area contributed by atoms with Crippen molar-refractivity contribution < 1.29 is 9.59 Å². The Morgan fingerprint density at radius 1 is 1.13 bits per heavy atom. The van der Waals surface area contributed by atoms with Crippen LogP contribution in [0.5, 0.6) is 0 Å². The second kappa shape index (κ2) is 6.56. The third-order valence-electron chi connectivity index (χ3n) is 6.00. The Morgan fingerprint density at radius 3 is 2.63 bits per heavy atom. The van der Waals surface area contributed by atoms with Crippen molar-refractivity contribution in [3.63, 3.8) is 0 Å². The van der Waals surface area contributed by atoms with E-state index in [1.54, 1.807) is 11.6 Å². The molecule has 1 atom stereocenters. The zero-order valence-corrected chi connectivity index (χ0v) is 16.4. The Balaban J connectivity index is 1.56. The lowest BCUT2D eigenvalue weighted by Gasteiger charge is -2.22. The Morgan fingerprint density at radius 2 is 1.87 bits per heavy atom. The summed E-state index contributed by atoms with van der Waals surface area (Å²) in [4.78, 5) is 27.6. The number of aromatic nitrogens is 2. The van der Waals surface area contributed by atoms with Gasteiger partial charge < -0.3 is 5.32 Å². The molecule has 5 rings (SSSR count). The van der Waals surface area contributed by atoms with Crippen molar-refractivity contribution in [1.82, 2.24) is 20.0 Å². The highest BCUT2D eigenvalue weighted by Crippen LogP contribution is 2.41. The third kappa shape index (κ3) is 2.47. The predicted octanol–water partition coefficient (Wildman–Crippen LogP) is 2.95. The molecule has 0 bridgehead atoms. The average Bonchev–Trinajstić information content (AvgIpc) is 3.37. The predicted molar refractivity (Wildman–Crippen MR) is 109 cm³/mol. The molecule has 0 saturated carbocycles. The molecule has 3 aromatic rings. The summed E-state index contributed by atoms with van der Waals surface area (Å²) < 4.78 is 1.64. The van der Waals surface area contributed by atoms with Crippen LogP contribution in [0.25, 0.3) is 5.69 Å². The van der Waals surface area contributed by atoms with Gasteiger partial charge in [-0.15, -0.1) is 0 Å². The first-order valence-corrected chi connectivity index (χ1v) is 9.81. The van der Waals surface area contributed by atoms with Crippen molar-refractivity contribution in [2.45, 2.75) is 31.8 Å². The van der Waals surface area contributed by atoms with E-state index in [4.69, 9.17) is 0 Å². The molecule has 2 heterocycles. The molecule has 2 aliphatic rings. The average molecular weight is 397 g/mol. The van der Waals surface area contributed by atoms with Gasteiger partial charge in [-0.05, 0) is 43.0 Å². The minimum atomic E-state index is -1.02. The van der Waals surface area contributed by atoms with Crippen LogP contribution in [-0.4, -0.2) is 26.6 Å². The van der Waals surface area contributed by atoms with Crippen molar-refractivity contribution in [2.24, 2.45) is 0 Å². The summed E-state index contributed by atoms with van der Waals surface area (Å²) in [6.07, 6.45) is 1.27. The number of nitrogens with one attached hydrogen (secondary N) is 1. The van der Waals surface area contributed by atoms with Crippen LogP contribution in [0.3, 0.4) is 0 Å². The SMILES string of the molecule is Cc1nn(-c2ccccc2)c(CN2C(=O)N[C@]3(CCc4ccccc43)C2=O)c1C#N. The smallest absolute Gasteiger partial charge is 0.319 e. The van der Waals surface area contributed by atoms with Crippen LogP contribution in [0.15, 0.2) is 54.6 Å². The lowest BCUT2D eigenvalue weighted by molar-refractivity contribution is -0.132. The number of nitriles is 1. The fourth-order valence-electron chi connectivity index (χ4n) is 4.53. The number of amides is 3. The lowest BCUT2D eigenvalue weighted by Crippen LogP contribution is -2.41. The van der Waals surface area contributed by atoms with Gasteiger partial charge >= 0.3 is 6.03 Å². The lowest BCUT2D eigenvalue weighted by atomic mass is 9.92. The number of benzene rings is 2. The van der Waals surface area contributed by atoms with Gasteiger partial charge in [0.15, 0.2) is 0 Å². The summed E-state index contributed by atoms with van der Waals surface area (Å²) in [6.45, 7) is 1.73. The summed E-state index contributed by atoms with van der Waals surface area (Å²) in [5.41, 5.74) is 3.15. The summed E-state index contributed by atoms with van der Waals surface area (Å²) in [5.74, 6) is -0.278. The normalized spacial score (nSPS) is 19.8.